The molecule has 1 heterocycles. The van der Waals surface area contributed by atoms with Crippen LogP contribution >= 0.6 is 15.9 Å². The highest BCUT2D eigenvalue weighted by atomic mass is 79.9. The molecule has 0 radical (unpaired) electrons. The first-order valence-corrected chi connectivity index (χ1v) is 7.22. The number of aliphatic hydroxyl groups excluding tert-OH is 1. The molecule has 3 nitrogen and oxygen atoms in total. The molecule has 1 aromatic carbocycles. The Bertz CT molecular complexity index is 467. The average molecular weight is 330 g/mol. The summed E-state index contributed by atoms with van der Waals surface area (Å²) in [5.74, 6) is 0.00383. The lowest BCUT2D eigenvalue weighted by atomic mass is 10.1. The number of aliphatic hydroxyl groups is 1. The predicted molar refractivity (Wildman–Crippen MR) is 74.2 cm³/mol. The van der Waals surface area contributed by atoms with Crippen LogP contribution in [-0.4, -0.2) is 35.6 Å². The van der Waals surface area contributed by atoms with E-state index in [2.05, 4.69) is 15.9 Å². The number of carbonyl (C=O) groups is 1. The van der Waals surface area contributed by atoms with Gasteiger partial charge in [-0.3, -0.25) is 4.79 Å². The number of aryl methyl sites for hydroxylation is 1. The summed E-state index contributed by atoms with van der Waals surface area (Å²) >= 11 is 3.36. The Morgan fingerprint density at radius 3 is 3.00 bits per heavy atom. The van der Waals surface area contributed by atoms with Gasteiger partial charge in [-0.2, -0.15) is 0 Å². The van der Waals surface area contributed by atoms with Crippen LogP contribution in [0.2, 0.25) is 0 Å². The Labute approximate surface area is 120 Å². The number of halogens is 2. The maximum Gasteiger partial charge on any atom is 0.222 e. The number of nitrogens with zero attached hydrogens (tertiary/aromatic N) is 1. The van der Waals surface area contributed by atoms with Crippen LogP contribution < -0.4 is 0 Å². The molecule has 1 saturated heterocycles. The Morgan fingerprint density at radius 1 is 1.53 bits per heavy atom. The minimum Gasteiger partial charge on any atom is -0.396 e. The molecule has 1 atom stereocenters. The number of hydrogen-bond acceptors (Lipinski definition) is 2. The van der Waals surface area contributed by atoms with Crippen molar-refractivity contribution in [2.75, 3.05) is 19.7 Å². The minimum absolute atomic E-state index is 0.0760. The zero-order valence-electron chi connectivity index (χ0n) is 10.6. The van der Waals surface area contributed by atoms with Crippen LogP contribution in [0.5, 0.6) is 0 Å². The van der Waals surface area contributed by atoms with Crippen LogP contribution in [0.3, 0.4) is 0 Å². The molecule has 1 amide bonds. The van der Waals surface area contributed by atoms with E-state index in [0.29, 0.717) is 25.9 Å². The Kier molecular flexibility index (Phi) is 4.93. The smallest absolute Gasteiger partial charge is 0.222 e. The fraction of sp³-hybridized carbons (Fsp3) is 0.500. The van der Waals surface area contributed by atoms with Crippen LogP contribution in [0.4, 0.5) is 4.39 Å². The Morgan fingerprint density at radius 2 is 2.32 bits per heavy atom. The fourth-order valence-electron chi connectivity index (χ4n) is 2.34. The number of benzene rings is 1. The van der Waals surface area contributed by atoms with Crippen LogP contribution in [0.25, 0.3) is 0 Å². The standard InChI is InChI=1S/C14H17BrFNO2/c15-13-3-2-12(16)7-11(13)1-4-14(19)17-6-5-10(8-17)9-18/h2-3,7,10,18H,1,4-6,8-9H2. The van der Waals surface area contributed by atoms with Crippen molar-refractivity contribution in [3.05, 3.63) is 34.1 Å². The molecule has 0 saturated carbocycles. The largest absolute Gasteiger partial charge is 0.396 e. The van der Waals surface area contributed by atoms with Crippen LogP contribution in [0.15, 0.2) is 22.7 Å². The Balaban J connectivity index is 1.88. The molecule has 104 valence electrons. The van der Waals surface area contributed by atoms with Crippen molar-refractivity contribution < 1.29 is 14.3 Å². The average Bonchev–Trinajstić information content (AvgIpc) is 2.88. The van der Waals surface area contributed by atoms with Gasteiger partial charge >= 0.3 is 0 Å². The van der Waals surface area contributed by atoms with Gasteiger partial charge in [0.2, 0.25) is 5.91 Å². The predicted octanol–water partition coefficient (Wildman–Crippen LogP) is 2.36. The van der Waals surface area contributed by atoms with E-state index in [4.69, 9.17) is 5.11 Å². The number of hydrogen-bond donors (Lipinski definition) is 1. The molecule has 0 aliphatic carbocycles. The van der Waals surface area contributed by atoms with E-state index in [0.717, 1.165) is 16.5 Å². The van der Waals surface area contributed by atoms with Crippen LogP contribution in [0, 0.1) is 11.7 Å². The summed E-state index contributed by atoms with van der Waals surface area (Å²) in [6.45, 7) is 1.49. The second kappa shape index (κ2) is 6.48. The van der Waals surface area contributed by atoms with E-state index in [9.17, 15) is 9.18 Å². The molecule has 2 rings (SSSR count). The van der Waals surface area contributed by atoms with Crippen molar-refractivity contribution in [3.63, 3.8) is 0 Å². The second-order valence-corrected chi connectivity index (χ2v) is 5.77. The highest BCUT2D eigenvalue weighted by Gasteiger charge is 2.25. The molecule has 19 heavy (non-hydrogen) atoms. The van der Waals surface area contributed by atoms with E-state index in [-0.39, 0.29) is 24.2 Å². The van der Waals surface area contributed by atoms with Gasteiger partial charge < -0.3 is 10.0 Å². The first-order valence-electron chi connectivity index (χ1n) is 6.42. The van der Waals surface area contributed by atoms with Crippen molar-refractivity contribution >= 4 is 21.8 Å². The van der Waals surface area contributed by atoms with E-state index in [1.165, 1.54) is 12.1 Å². The molecule has 0 aromatic heterocycles. The van der Waals surface area contributed by atoms with Crippen molar-refractivity contribution in [2.24, 2.45) is 5.92 Å². The van der Waals surface area contributed by atoms with Crippen molar-refractivity contribution in [2.45, 2.75) is 19.3 Å². The molecule has 5 heteroatoms. The summed E-state index contributed by atoms with van der Waals surface area (Å²) in [5.41, 5.74) is 0.811. The molecule has 1 unspecified atom stereocenters. The lowest BCUT2D eigenvalue weighted by molar-refractivity contribution is -0.130. The highest BCUT2D eigenvalue weighted by Crippen LogP contribution is 2.21. The molecular formula is C14H17BrFNO2. The quantitative estimate of drug-likeness (QED) is 0.921. The van der Waals surface area contributed by atoms with Crippen LogP contribution in [-0.2, 0) is 11.2 Å². The van der Waals surface area contributed by atoms with E-state index in [1.807, 2.05) is 0 Å². The van der Waals surface area contributed by atoms with Crippen molar-refractivity contribution in [1.29, 1.82) is 0 Å². The highest BCUT2D eigenvalue weighted by molar-refractivity contribution is 9.10. The summed E-state index contributed by atoms with van der Waals surface area (Å²) in [6.07, 6.45) is 1.77. The normalized spacial score (nSPS) is 18.9. The fourth-order valence-corrected chi connectivity index (χ4v) is 2.79. The zero-order valence-corrected chi connectivity index (χ0v) is 12.2. The van der Waals surface area contributed by atoms with E-state index >= 15 is 0 Å². The van der Waals surface area contributed by atoms with Gasteiger partial charge in [0.05, 0.1) is 0 Å². The van der Waals surface area contributed by atoms with Crippen molar-refractivity contribution in [1.82, 2.24) is 4.90 Å². The van der Waals surface area contributed by atoms with Crippen molar-refractivity contribution in [3.8, 4) is 0 Å². The van der Waals surface area contributed by atoms with Gasteiger partial charge in [-0.25, -0.2) is 4.39 Å². The molecule has 1 fully saturated rings. The maximum atomic E-state index is 13.1. The number of carbonyl (C=O) groups excluding carboxylic acids is 1. The van der Waals surface area contributed by atoms with Crippen LogP contribution in [0.1, 0.15) is 18.4 Å². The first-order chi connectivity index (χ1) is 9.10. The molecule has 0 bridgehead atoms. The molecular weight excluding hydrogens is 313 g/mol. The molecule has 1 aromatic rings. The third kappa shape index (κ3) is 3.76. The molecule has 1 N–H and O–H groups in total. The number of likely N-dealkylation sites (tertiary alicyclic amines) is 1. The second-order valence-electron chi connectivity index (χ2n) is 4.91. The summed E-state index contributed by atoms with van der Waals surface area (Å²) < 4.78 is 14.0. The number of amides is 1. The van der Waals surface area contributed by atoms with Gasteiger partial charge in [-0.05, 0) is 36.6 Å². The maximum absolute atomic E-state index is 13.1. The lowest BCUT2D eigenvalue weighted by Gasteiger charge is -2.16. The summed E-state index contributed by atoms with van der Waals surface area (Å²) in [4.78, 5) is 13.8. The number of rotatable bonds is 4. The van der Waals surface area contributed by atoms with E-state index in [1.54, 1.807) is 11.0 Å². The first kappa shape index (κ1) is 14.5. The zero-order chi connectivity index (χ0) is 13.8. The van der Waals surface area contributed by atoms with Gasteiger partial charge in [-0.1, -0.05) is 15.9 Å². The summed E-state index contributed by atoms with van der Waals surface area (Å²) in [7, 11) is 0. The van der Waals surface area contributed by atoms with Gasteiger partial charge in [0, 0.05) is 36.5 Å². The third-order valence-electron chi connectivity index (χ3n) is 3.51. The molecule has 0 spiro atoms. The van der Waals surface area contributed by atoms with E-state index < -0.39 is 0 Å². The summed E-state index contributed by atoms with van der Waals surface area (Å²) in [6, 6.07) is 4.51. The SMILES string of the molecule is O=C(CCc1cc(F)ccc1Br)N1CCC(CO)C1. The monoisotopic (exact) mass is 329 g/mol. The summed E-state index contributed by atoms with van der Waals surface area (Å²) in [5, 5.41) is 9.05. The topological polar surface area (TPSA) is 40.5 Å². The van der Waals surface area contributed by atoms with Gasteiger partial charge in [0.1, 0.15) is 5.82 Å². The van der Waals surface area contributed by atoms with Gasteiger partial charge in [0.25, 0.3) is 0 Å². The van der Waals surface area contributed by atoms with Gasteiger partial charge in [-0.15, -0.1) is 0 Å². The third-order valence-corrected chi connectivity index (χ3v) is 4.29. The molecule has 1 aliphatic heterocycles. The lowest BCUT2D eigenvalue weighted by Crippen LogP contribution is -2.29. The Hall–Kier alpha value is -0.940. The minimum atomic E-state index is -0.285. The van der Waals surface area contributed by atoms with Gasteiger partial charge in [0.15, 0.2) is 0 Å². The molecule has 1 aliphatic rings.